The Hall–Kier alpha value is -1.86. The molecule has 2 saturated heterocycles. The number of aryl methyl sites for hydroxylation is 1. The Morgan fingerprint density at radius 3 is 2.83 bits per heavy atom. The third-order valence-corrected chi connectivity index (χ3v) is 5.68. The van der Waals surface area contributed by atoms with Gasteiger partial charge in [-0.3, -0.25) is 4.90 Å². The van der Waals surface area contributed by atoms with Gasteiger partial charge in [0, 0.05) is 44.1 Å². The van der Waals surface area contributed by atoms with Crippen molar-refractivity contribution in [2.75, 3.05) is 26.2 Å². The topological polar surface area (TPSA) is 61.6 Å². The summed E-state index contributed by atoms with van der Waals surface area (Å²) < 4.78 is 5.64. The van der Waals surface area contributed by atoms with Crippen LogP contribution in [0, 0.1) is 6.92 Å². The average Bonchev–Trinajstić information content (AvgIpc) is 3.30. The van der Waals surface area contributed by atoms with E-state index in [9.17, 15) is 4.79 Å². The molecular formula is C17H22N4O2S. The lowest BCUT2D eigenvalue weighted by atomic mass is 10.0. The maximum absolute atomic E-state index is 11.8. The van der Waals surface area contributed by atoms with Crippen molar-refractivity contribution in [2.24, 2.45) is 0 Å². The molecule has 0 radical (unpaired) electrons. The van der Waals surface area contributed by atoms with E-state index in [1.54, 1.807) is 11.3 Å². The normalized spacial score (nSPS) is 19.9. The van der Waals surface area contributed by atoms with Crippen LogP contribution < -0.4 is 5.32 Å². The van der Waals surface area contributed by atoms with Crippen molar-refractivity contribution in [3.8, 4) is 10.8 Å². The molecule has 4 rings (SSSR count). The Kier molecular flexibility index (Phi) is 4.28. The van der Waals surface area contributed by atoms with E-state index in [0.29, 0.717) is 6.04 Å². The zero-order chi connectivity index (χ0) is 16.5. The van der Waals surface area contributed by atoms with Gasteiger partial charge in [-0.1, -0.05) is 0 Å². The SMILES string of the molecule is Cc1ccc(-c2nc(CN3CCC(N4CCNC4=O)CC3)cs2)o1. The average molecular weight is 346 g/mol. The van der Waals surface area contributed by atoms with Crippen LogP contribution in [0.25, 0.3) is 10.8 Å². The first-order valence-corrected chi connectivity index (χ1v) is 9.35. The Labute approximate surface area is 145 Å². The summed E-state index contributed by atoms with van der Waals surface area (Å²) in [4.78, 5) is 20.9. The van der Waals surface area contributed by atoms with Crippen molar-refractivity contribution in [1.29, 1.82) is 0 Å². The van der Waals surface area contributed by atoms with E-state index in [0.717, 1.165) is 67.8 Å². The minimum absolute atomic E-state index is 0.103. The van der Waals surface area contributed by atoms with E-state index < -0.39 is 0 Å². The second-order valence-electron chi connectivity index (χ2n) is 6.49. The Morgan fingerprint density at radius 1 is 1.33 bits per heavy atom. The lowest BCUT2D eigenvalue weighted by molar-refractivity contribution is 0.131. The molecule has 0 spiro atoms. The van der Waals surface area contributed by atoms with Gasteiger partial charge in [0.05, 0.1) is 5.69 Å². The molecule has 4 heterocycles. The van der Waals surface area contributed by atoms with Crippen LogP contribution in [0.1, 0.15) is 24.3 Å². The number of nitrogens with one attached hydrogen (secondary N) is 1. The van der Waals surface area contributed by atoms with Crippen molar-refractivity contribution in [2.45, 2.75) is 32.4 Å². The molecule has 1 N–H and O–H groups in total. The van der Waals surface area contributed by atoms with Crippen LogP contribution in [0.15, 0.2) is 21.9 Å². The molecule has 6 nitrogen and oxygen atoms in total. The highest BCUT2D eigenvalue weighted by molar-refractivity contribution is 7.13. The van der Waals surface area contributed by atoms with Crippen LogP contribution in [0.2, 0.25) is 0 Å². The predicted octanol–water partition coefficient (Wildman–Crippen LogP) is 2.70. The van der Waals surface area contributed by atoms with Gasteiger partial charge in [-0.2, -0.15) is 0 Å². The van der Waals surface area contributed by atoms with Crippen LogP contribution in [-0.2, 0) is 6.54 Å². The highest BCUT2D eigenvalue weighted by atomic mass is 32.1. The van der Waals surface area contributed by atoms with Gasteiger partial charge in [0.1, 0.15) is 5.76 Å². The lowest BCUT2D eigenvalue weighted by Crippen LogP contribution is -2.45. The third-order valence-electron chi connectivity index (χ3n) is 4.78. The maximum atomic E-state index is 11.8. The number of likely N-dealkylation sites (tertiary alicyclic amines) is 1. The number of amides is 2. The summed E-state index contributed by atoms with van der Waals surface area (Å²) in [5, 5.41) is 5.96. The standard InChI is InChI=1S/C17H22N4O2S/c1-12-2-3-15(23-12)16-19-13(11-24-16)10-20-7-4-14(5-8-20)21-9-6-18-17(21)22/h2-3,11,14H,4-10H2,1H3,(H,18,22). The Bertz CT molecular complexity index is 718. The van der Waals surface area contributed by atoms with Crippen LogP contribution in [-0.4, -0.2) is 53.0 Å². The number of hydrogen-bond acceptors (Lipinski definition) is 5. The van der Waals surface area contributed by atoms with E-state index >= 15 is 0 Å². The first-order valence-electron chi connectivity index (χ1n) is 8.47. The molecule has 2 aliphatic heterocycles. The molecule has 7 heteroatoms. The molecule has 0 atom stereocenters. The van der Waals surface area contributed by atoms with Gasteiger partial charge in [0.25, 0.3) is 0 Å². The second kappa shape index (κ2) is 6.57. The van der Waals surface area contributed by atoms with Gasteiger partial charge < -0.3 is 14.6 Å². The third kappa shape index (κ3) is 3.18. The van der Waals surface area contributed by atoms with Crippen LogP contribution in [0.5, 0.6) is 0 Å². The Morgan fingerprint density at radius 2 is 2.17 bits per heavy atom. The maximum Gasteiger partial charge on any atom is 0.317 e. The monoisotopic (exact) mass is 346 g/mol. The summed E-state index contributed by atoms with van der Waals surface area (Å²) in [5.41, 5.74) is 1.10. The molecular weight excluding hydrogens is 324 g/mol. The number of thiazole rings is 1. The van der Waals surface area contributed by atoms with Gasteiger partial charge >= 0.3 is 6.03 Å². The molecule has 2 fully saturated rings. The zero-order valence-electron chi connectivity index (χ0n) is 13.8. The number of rotatable bonds is 4. The highest BCUT2D eigenvalue weighted by Gasteiger charge is 2.30. The number of carbonyl (C=O) groups is 1. The second-order valence-corrected chi connectivity index (χ2v) is 7.35. The zero-order valence-corrected chi connectivity index (χ0v) is 14.6. The molecule has 24 heavy (non-hydrogen) atoms. The molecule has 0 unspecified atom stereocenters. The van der Waals surface area contributed by atoms with Gasteiger partial charge in [0.2, 0.25) is 0 Å². The highest BCUT2D eigenvalue weighted by Crippen LogP contribution is 2.27. The largest absolute Gasteiger partial charge is 0.459 e. The van der Waals surface area contributed by atoms with Gasteiger partial charge in [-0.05, 0) is 31.9 Å². The van der Waals surface area contributed by atoms with Crippen LogP contribution >= 0.6 is 11.3 Å². The number of nitrogens with zero attached hydrogens (tertiary/aromatic N) is 3. The van der Waals surface area contributed by atoms with Gasteiger partial charge in [-0.15, -0.1) is 11.3 Å². The molecule has 0 saturated carbocycles. The van der Waals surface area contributed by atoms with Crippen molar-refractivity contribution in [1.82, 2.24) is 20.1 Å². The number of aromatic nitrogens is 1. The number of furan rings is 1. The van der Waals surface area contributed by atoms with Crippen molar-refractivity contribution < 1.29 is 9.21 Å². The number of urea groups is 1. The fourth-order valence-corrected chi connectivity index (χ4v) is 4.27. The summed E-state index contributed by atoms with van der Waals surface area (Å²) in [6.07, 6.45) is 2.09. The first-order chi connectivity index (χ1) is 11.7. The minimum Gasteiger partial charge on any atom is -0.459 e. The van der Waals surface area contributed by atoms with Gasteiger partial charge in [-0.25, -0.2) is 9.78 Å². The number of hydrogen-bond donors (Lipinski definition) is 1. The molecule has 0 aliphatic carbocycles. The number of carbonyl (C=O) groups excluding carboxylic acids is 1. The molecule has 0 aromatic carbocycles. The summed E-state index contributed by atoms with van der Waals surface area (Å²) in [7, 11) is 0. The molecule has 128 valence electrons. The predicted molar refractivity (Wildman–Crippen MR) is 93.0 cm³/mol. The smallest absolute Gasteiger partial charge is 0.317 e. The van der Waals surface area contributed by atoms with E-state index in [1.165, 1.54) is 0 Å². The first kappa shape index (κ1) is 15.7. The van der Waals surface area contributed by atoms with E-state index in [4.69, 9.17) is 9.40 Å². The summed E-state index contributed by atoms with van der Waals surface area (Å²) in [6.45, 7) is 6.48. The van der Waals surface area contributed by atoms with Crippen LogP contribution in [0.4, 0.5) is 4.79 Å². The number of piperidine rings is 1. The van der Waals surface area contributed by atoms with Crippen molar-refractivity contribution in [3.63, 3.8) is 0 Å². The molecule has 2 aromatic heterocycles. The molecule has 0 bridgehead atoms. The quantitative estimate of drug-likeness (QED) is 0.925. The van der Waals surface area contributed by atoms with Crippen molar-refractivity contribution >= 4 is 17.4 Å². The molecule has 2 aliphatic rings. The summed E-state index contributed by atoms with van der Waals surface area (Å²) >= 11 is 1.63. The minimum atomic E-state index is 0.103. The summed E-state index contributed by atoms with van der Waals surface area (Å²) in [5.74, 6) is 1.76. The summed E-state index contributed by atoms with van der Waals surface area (Å²) in [6, 6.07) is 4.44. The van der Waals surface area contributed by atoms with Crippen LogP contribution in [0.3, 0.4) is 0 Å². The Balaban J connectivity index is 1.32. The van der Waals surface area contributed by atoms with Gasteiger partial charge in [0.15, 0.2) is 10.8 Å². The fourth-order valence-electron chi connectivity index (χ4n) is 3.50. The van der Waals surface area contributed by atoms with Crippen molar-refractivity contribution in [3.05, 3.63) is 29.0 Å². The van der Waals surface area contributed by atoms with E-state index in [2.05, 4.69) is 15.6 Å². The molecule has 2 amide bonds. The lowest BCUT2D eigenvalue weighted by Gasteiger charge is -2.35. The van der Waals surface area contributed by atoms with E-state index in [-0.39, 0.29) is 6.03 Å². The fraction of sp³-hybridized carbons (Fsp3) is 0.529. The molecule has 2 aromatic rings. The van der Waals surface area contributed by atoms with E-state index in [1.807, 2.05) is 24.0 Å².